The third-order valence-electron chi connectivity index (χ3n) is 30.3. The predicted molar refractivity (Wildman–Crippen MR) is 568 cm³/mol. The average Bonchev–Trinajstić information content (AvgIpc) is 1.56. The van der Waals surface area contributed by atoms with E-state index in [0.717, 1.165) is 183 Å². The Morgan fingerprint density at radius 2 is 0.787 bits per heavy atom. The highest BCUT2D eigenvalue weighted by atomic mass is 16.3. The monoisotopic (exact) mass is 1820 g/mol. The van der Waals surface area contributed by atoms with Gasteiger partial charge in [0.25, 0.3) is 0 Å². The summed E-state index contributed by atoms with van der Waals surface area (Å²) in [4.78, 5) is 50.7. The Balaban J connectivity index is 0.000000106. The van der Waals surface area contributed by atoms with E-state index in [2.05, 4.69) is 280 Å². The molecule has 2 atom stereocenters. The fourth-order valence-electron chi connectivity index (χ4n) is 22.6. The van der Waals surface area contributed by atoms with Crippen molar-refractivity contribution in [3.8, 4) is 124 Å². The Bertz CT molecular complexity index is 9750. The van der Waals surface area contributed by atoms with Crippen LogP contribution < -0.4 is 0 Å². The zero-order valence-corrected chi connectivity index (χ0v) is 78.7. The molecule has 0 saturated heterocycles. The summed E-state index contributed by atoms with van der Waals surface area (Å²) in [6.45, 7) is 20.7. The predicted octanol–water partition coefficient (Wildman–Crippen LogP) is 32.7. The molecule has 11 heterocycles. The van der Waals surface area contributed by atoms with Gasteiger partial charge >= 0.3 is 0 Å². The van der Waals surface area contributed by atoms with Crippen LogP contribution in [0, 0.1) is 11.3 Å². The quantitative estimate of drug-likeness (QED) is 0.124. The zero-order valence-electron chi connectivity index (χ0n) is 78.7. The summed E-state index contributed by atoms with van der Waals surface area (Å²) in [7, 11) is 0. The van der Waals surface area contributed by atoms with Crippen molar-refractivity contribution in [2.75, 3.05) is 0 Å². The molecule has 0 spiro atoms. The highest BCUT2D eigenvalue weighted by Gasteiger charge is 2.49. The van der Waals surface area contributed by atoms with Crippen LogP contribution in [0.25, 0.3) is 256 Å². The van der Waals surface area contributed by atoms with Crippen LogP contribution >= 0.6 is 0 Å². The molecule has 3 aliphatic rings. The Morgan fingerprint density at radius 3 is 1.50 bits per heavy atom. The summed E-state index contributed by atoms with van der Waals surface area (Å²) in [5, 5.41) is 13.0. The molecule has 0 amide bonds. The van der Waals surface area contributed by atoms with Crippen molar-refractivity contribution in [3.63, 3.8) is 0 Å². The van der Waals surface area contributed by atoms with Gasteiger partial charge in [0, 0.05) is 122 Å². The van der Waals surface area contributed by atoms with E-state index >= 15 is 0 Å². The van der Waals surface area contributed by atoms with E-state index in [4.69, 9.17) is 66.9 Å². The Hall–Kier alpha value is -17.6. The molecule has 26 aromatic rings. The van der Waals surface area contributed by atoms with Gasteiger partial charge in [0.1, 0.15) is 67.2 Å². The number of aromatic nitrogens is 10. The third kappa shape index (κ3) is 12.7. The van der Waals surface area contributed by atoms with Gasteiger partial charge in [0.15, 0.2) is 45.9 Å². The number of nitrogens with zero attached hydrogens (tertiary/aromatic N) is 10. The van der Waals surface area contributed by atoms with Crippen molar-refractivity contribution in [3.05, 3.63) is 398 Å². The highest BCUT2D eigenvalue weighted by Crippen LogP contribution is 2.61. The molecular weight excluding hydrogens is 1730 g/mol. The second-order valence-corrected chi connectivity index (χ2v) is 39.6. The number of rotatable bonds is 9. The molecule has 0 aliphatic heterocycles. The lowest BCUT2D eigenvalue weighted by molar-refractivity contribution is 0.255. The average molecular weight is 1820 g/mol. The van der Waals surface area contributed by atoms with E-state index in [1.165, 1.54) is 60.8 Å². The molecule has 15 heteroatoms. The summed E-state index contributed by atoms with van der Waals surface area (Å²) in [5.41, 5.74) is 33.3. The Kier molecular flexibility index (Phi) is 18.4. The van der Waals surface area contributed by atoms with E-state index in [-0.39, 0.29) is 21.7 Å². The Labute approximate surface area is 810 Å². The summed E-state index contributed by atoms with van der Waals surface area (Å²) < 4.78 is 32.3. The van der Waals surface area contributed by atoms with Gasteiger partial charge in [-0.05, 0) is 181 Å². The standard InChI is InChI=1S/C44H31N3O2.C43H28N4O.C39H29N3O2/c1-25(2)44(3)32-24-35-38(29-17-7-9-20-33(29)48-35)36(37(32)31-19-12-22-45-42(31)44)27-15-11-16-28(23-27)39-41-40(30-18-8-10-21-34(30)49-41)47-43(46-39)26-13-5-4-6-14-26;1-43(2)35-24-38-33(30-18-10-11-19-37(30)48-38)23-32(35)31-20-21-36(44-39(31)43)42-46-40(25-12-4-3-5-13-25)45-41(47-42)34-22-26-14-6-7-15-27(26)28-16-8-9-17-29(28)34;1-38(2,3)39(4)28-16-10-8-14-23(28)25-18-26-31(19-29(25)39)43-32-21-40-20-27(33(26)32)37-41-34(22-12-6-5-7-13-22)36-35(42-37)24-15-9-11-17-30(24)44-36/h4-25H,1-3H3;3-24H,1-2H3;5-21H,1-4H3. The van der Waals surface area contributed by atoms with E-state index in [1.807, 2.05) is 146 Å². The van der Waals surface area contributed by atoms with Gasteiger partial charge in [-0.1, -0.05) is 310 Å². The molecule has 0 radical (unpaired) electrons. The first kappa shape index (κ1) is 82.9. The van der Waals surface area contributed by atoms with Crippen LogP contribution in [0.4, 0.5) is 0 Å². The van der Waals surface area contributed by atoms with E-state index in [9.17, 15) is 0 Å². The maximum atomic E-state index is 6.63. The molecule has 2 unspecified atom stereocenters. The smallest absolute Gasteiger partial charge is 0.182 e. The van der Waals surface area contributed by atoms with Crippen molar-refractivity contribution >= 4 is 131 Å². The molecule has 672 valence electrons. The largest absolute Gasteiger partial charge is 0.456 e. The second-order valence-electron chi connectivity index (χ2n) is 39.6. The van der Waals surface area contributed by atoms with Gasteiger partial charge in [0.2, 0.25) is 0 Å². The molecule has 141 heavy (non-hydrogen) atoms. The second kappa shape index (κ2) is 31.2. The van der Waals surface area contributed by atoms with Gasteiger partial charge in [-0.3, -0.25) is 9.97 Å². The molecule has 11 aromatic heterocycles. The van der Waals surface area contributed by atoms with Gasteiger partial charge in [-0.2, -0.15) is 0 Å². The summed E-state index contributed by atoms with van der Waals surface area (Å²) in [5.74, 6) is 3.34. The highest BCUT2D eigenvalue weighted by molar-refractivity contribution is 6.20. The first-order valence-electron chi connectivity index (χ1n) is 48.1. The van der Waals surface area contributed by atoms with Crippen molar-refractivity contribution in [2.24, 2.45) is 11.3 Å². The summed E-state index contributed by atoms with van der Waals surface area (Å²) in [6, 6.07) is 119. The van der Waals surface area contributed by atoms with Crippen LogP contribution in [0.2, 0.25) is 0 Å². The number of para-hydroxylation sites is 4. The van der Waals surface area contributed by atoms with Crippen LogP contribution in [0.15, 0.2) is 386 Å². The van der Waals surface area contributed by atoms with Crippen LogP contribution in [0.5, 0.6) is 0 Å². The molecule has 29 rings (SSSR count). The zero-order chi connectivity index (χ0) is 94.6. The van der Waals surface area contributed by atoms with Gasteiger partial charge in [-0.25, -0.2) is 39.9 Å². The summed E-state index contributed by atoms with van der Waals surface area (Å²) >= 11 is 0. The number of benzene rings is 15. The molecule has 15 aromatic carbocycles. The first-order valence-corrected chi connectivity index (χ1v) is 48.1. The molecule has 0 saturated carbocycles. The Morgan fingerprint density at radius 1 is 0.277 bits per heavy atom. The minimum absolute atomic E-state index is 0.00871. The van der Waals surface area contributed by atoms with Gasteiger partial charge in [0.05, 0.1) is 17.6 Å². The third-order valence-corrected chi connectivity index (χ3v) is 30.3. The van der Waals surface area contributed by atoms with E-state index in [0.29, 0.717) is 51.8 Å². The molecule has 0 fully saturated rings. The summed E-state index contributed by atoms with van der Waals surface area (Å²) in [6.07, 6.45) is 5.57. The molecular formula is C126H88N10O5. The molecule has 0 N–H and O–H groups in total. The number of hydrogen-bond donors (Lipinski definition) is 0. The number of fused-ring (bicyclic) bond motifs is 27. The van der Waals surface area contributed by atoms with Crippen LogP contribution in [-0.2, 0) is 16.2 Å². The van der Waals surface area contributed by atoms with Crippen molar-refractivity contribution in [1.29, 1.82) is 0 Å². The minimum Gasteiger partial charge on any atom is -0.456 e. The molecule has 15 nitrogen and oxygen atoms in total. The van der Waals surface area contributed by atoms with Gasteiger partial charge in [-0.15, -0.1) is 0 Å². The van der Waals surface area contributed by atoms with Crippen molar-refractivity contribution in [1.82, 2.24) is 49.8 Å². The van der Waals surface area contributed by atoms with Crippen molar-refractivity contribution < 1.29 is 22.1 Å². The van der Waals surface area contributed by atoms with E-state index < -0.39 is 0 Å². The number of hydrogen-bond acceptors (Lipinski definition) is 15. The van der Waals surface area contributed by atoms with E-state index in [1.54, 1.807) is 6.20 Å². The minimum atomic E-state index is -0.347. The lowest BCUT2D eigenvalue weighted by Gasteiger charge is -2.40. The van der Waals surface area contributed by atoms with Crippen LogP contribution in [0.3, 0.4) is 0 Å². The molecule has 3 aliphatic carbocycles. The topological polar surface area (TPSA) is 195 Å². The first-order chi connectivity index (χ1) is 68.9. The maximum Gasteiger partial charge on any atom is 0.182 e. The SMILES string of the molecule is CC(C)(C)C1(C)c2ccccc2-c2cc3c(cc21)oc1cncc(-c2nc(-c4ccccc4)c4oc5ccccc5c4n2)c13.CC(C)C1(C)c2cc3oc4ccccc4c3c(-c3cccc(-c4nc(-c5ccccc5)nc5c4oc4ccccc45)c3)c2-c2cccnc21.CC1(C)c2cc3oc4ccccc4c3cc2-c2ccc(-c3nc(-c4ccccc4)nc(-c4cc5ccccc5c5ccccc45)n3)nc21. The number of furan rings is 5. The fraction of sp³-hybridized carbons (Fsp3) is 0.111. The molecule has 0 bridgehead atoms. The normalized spacial score (nSPS) is 15.0. The van der Waals surface area contributed by atoms with Gasteiger partial charge < -0.3 is 22.1 Å². The lowest BCUT2D eigenvalue weighted by Crippen LogP contribution is -2.36. The van der Waals surface area contributed by atoms with Crippen LogP contribution in [0.1, 0.15) is 96.0 Å². The van der Waals surface area contributed by atoms with Crippen LogP contribution in [-0.4, -0.2) is 49.8 Å². The fourth-order valence-corrected chi connectivity index (χ4v) is 22.6. The van der Waals surface area contributed by atoms with Crippen molar-refractivity contribution in [2.45, 2.75) is 78.6 Å². The maximum absolute atomic E-state index is 6.63. The number of pyridine rings is 3. The lowest BCUT2D eigenvalue weighted by atomic mass is 9.62.